The lowest BCUT2D eigenvalue weighted by Crippen LogP contribution is -1.90. The van der Waals surface area contributed by atoms with Crippen LogP contribution in [0.5, 0.6) is 0 Å². The molecule has 0 bridgehead atoms. The Balaban J connectivity index is 3.16. The van der Waals surface area contributed by atoms with Crippen LogP contribution in [0.25, 0.3) is 0 Å². The number of nitriles is 1. The van der Waals surface area contributed by atoms with Gasteiger partial charge in [-0.15, -0.1) is 0 Å². The van der Waals surface area contributed by atoms with Gasteiger partial charge in [-0.2, -0.15) is 5.26 Å². The fourth-order valence-electron chi connectivity index (χ4n) is 0.784. The Hall–Kier alpha value is -0.150. The van der Waals surface area contributed by atoms with Crippen molar-refractivity contribution in [3.8, 4) is 6.07 Å². The van der Waals surface area contributed by atoms with Crippen LogP contribution in [-0.4, -0.2) is 0 Å². The molecule has 0 saturated heterocycles. The van der Waals surface area contributed by atoms with Gasteiger partial charge in [0.2, 0.25) is 0 Å². The van der Waals surface area contributed by atoms with E-state index in [0.717, 1.165) is 9.13 Å². The van der Waals surface area contributed by atoms with Crippen LogP contribution in [0, 0.1) is 20.7 Å². The molecule has 0 atom stereocenters. The number of rotatable bonds is 1. The van der Waals surface area contributed by atoms with E-state index in [2.05, 4.69) is 38.5 Å². The van der Waals surface area contributed by atoms with E-state index in [0.29, 0.717) is 4.47 Å². The van der Waals surface area contributed by atoms with E-state index < -0.39 is 0 Å². The molecule has 0 amide bonds. The first-order valence-electron chi connectivity index (χ1n) is 3.15. The molecule has 0 heterocycles. The maximum atomic E-state index is 12.9. The molecule has 4 heteroatoms. The molecule has 0 fully saturated rings. The zero-order valence-corrected chi connectivity index (χ0v) is 9.69. The molecule has 1 nitrogen and oxygen atoms in total. The van der Waals surface area contributed by atoms with Crippen molar-refractivity contribution in [2.75, 3.05) is 0 Å². The molecular weight excluding hydrogens is 336 g/mol. The predicted octanol–water partition coefficient (Wildman–Crippen LogP) is 3.26. The molecule has 1 aromatic rings. The number of halogens is 3. The summed E-state index contributed by atoms with van der Waals surface area (Å²) in [6.45, 7) is 0. The molecular formula is C8H4BrFIN. The highest BCUT2D eigenvalue weighted by atomic mass is 127. The first kappa shape index (κ1) is 9.93. The Morgan fingerprint density at radius 1 is 1.58 bits per heavy atom. The van der Waals surface area contributed by atoms with Gasteiger partial charge in [0.1, 0.15) is 5.82 Å². The van der Waals surface area contributed by atoms with Crippen LogP contribution in [0.3, 0.4) is 0 Å². The van der Waals surface area contributed by atoms with Gasteiger partial charge in [0, 0.05) is 3.57 Å². The van der Waals surface area contributed by atoms with Gasteiger partial charge >= 0.3 is 0 Å². The van der Waals surface area contributed by atoms with Crippen LogP contribution >= 0.6 is 38.5 Å². The molecule has 0 aliphatic carbocycles. The van der Waals surface area contributed by atoms with Gasteiger partial charge < -0.3 is 0 Å². The van der Waals surface area contributed by atoms with Crippen molar-refractivity contribution < 1.29 is 4.39 Å². The second-order valence-corrected chi connectivity index (χ2v) is 4.21. The standard InChI is InChI=1S/C8H4BrFIN/c9-6-4-8(11)5(1-2-12)3-7(6)10/h3-4H,1H2. The number of nitrogens with zero attached hydrogens (tertiary/aromatic N) is 1. The summed E-state index contributed by atoms with van der Waals surface area (Å²) in [5.41, 5.74) is 0.735. The lowest BCUT2D eigenvalue weighted by molar-refractivity contribution is 0.619. The molecule has 0 N–H and O–H groups in total. The van der Waals surface area contributed by atoms with Crippen molar-refractivity contribution in [2.24, 2.45) is 0 Å². The van der Waals surface area contributed by atoms with Gasteiger partial charge in [0.25, 0.3) is 0 Å². The molecule has 0 radical (unpaired) electrons. The second kappa shape index (κ2) is 4.19. The van der Waals surface area contributed by atoms with Crippen LogP contribution in [0.2, 0.25) is 0 Å². The highest BCUT2D eigenvalue weighted by Gasteiger charge is 2.05. The van der Waals surface area contributed by atoms with E-state index in [9.17, 15) is 4.39 Å². The maximum Gasteiger partial charge on any atom is 0.137 e. The summed E-state index contributed by atoms with van der Waals surface area (Å²) in [5.74, 6) is -0.319. The summed E-state index contributed by atoms with van der Waals surface area (Å²) in [6, 6.07) is 5.04. The molecule has 0 saturated carbocycles. The van der Waals surface area contributed by atoms with E-state index in [4.69, 9.17) is 5.26 Å². The first-order chi connectivity index (χ1) is 5.65. The van der Waals surface area contributed by atoms with Crippen LogP contribution in [-0.2, 0) is 6.42 Å². The van der Waals surface area contributed by atoms with E-state index in [-0.39, 0.29) is 12.2 Å². The van der Waals surface area contributed by atoms with Gasteiger partial charge in [0.15, 0.2) is 0 Å². The third-order valence-electron chi connectivity index (χ3n) is 1.36. The Bertz CT molecular complexity index is 346. The smallest absolute Gasteiger partial charge is 0.137 e. The largest absolute Gasteiger partial charge is 0.206 e. The second-order valence-electron chi connectivity index (χ2n) is 2.19. The summed E-state index contributed by atoms with van der Waals surface area (Å²) < 4.78 is 14.3. The molecule has 12 heavy (non-hydrogen) atoms. The van der Waals surface area contributed by atoms with Gasteiger partial charge in [0.05, 0.1) is 17.0 Å². The van der Waals surface area contributed by atoms with Crippen molar-refractivity contribution in [3.63, 3.8) is 0 Å². The third-order valence-corrected chi connectivity index (χ3v) is 2.97. The van der Waals surface area contributed by atoms with Gasteiger partial charge in [-0.1, -0.05) is 0 Å². The van der Waals surface area contributed by atoms with Crippen molar-refractivity contribution in [1.29, 1.82) is 5.26 Å². The Labute approximate surface area is 91.8 Å². The van der Waals surface area contributed by atoms with Crippen LogP contribution in [0.4, 0.5) is 4.39 Å². The number of hydrogen-bond acceptors (Lipinski definition) is 1. The fraction of sp³-hybridized carbons (Fsp3) is 0.125. The van der Waals surface area contributed by atoms with Gasteiger partial charge in [-0.05, 0) is 56.2 Å². The van der Waals surface area contributed by atoms with Crippen molar-refractivity contribution in [2.45, 2.75) is 6.42 Å². The number of benzene rings is 1. The van der Waals surface area contributed by atoms with Crippen molar-refractivity contribution in [3.05, 3.63) is 31.6 Å². The molecule has 0 spiro atoms. The molecule has 0 aliphatic heterocycles. The maximum absolute atomic E-state index is 12.9. The predicted molar refractivity (Wildman–Crippen MR) is 56.1 cm³/mol. The molecule has 0 aromatic heterocycles. The van der Waals surface area contributed by atoms with Gasteiger partial charge in [-0.3, -0.25) is 0 Å². The summed E-state index contributed by atoms with van der Waals surface area (Å²) in [7, 11) is 0. The normalized spacial score (nSPS) is 9.50. The van der Waals surface area contributed by atoms with Crippen LogP contribution < -0.4 is 0 Å². The summed E-state index contributed by atoms with van der Waals surface area (Å²) in [4.78, 5) is 0. The Morgan fingerprint density at radius 2 is 2.25 bits per heavy atom. The van der Waals surface area contributed by atoms with Crippen molar-refractivity contribution >= 4 is 38.5 Å². The lowest BCUT2D eigenvalue weighted by atomic mass is 10.2. The van der Waals surface area contributed by atoms with Crippen molar-refractivity contribution in [1.82, 2.24) is 0 Å². The average Bonchev–Trinajstić information content (AvgIpc) is 2.01. The van der Waals surface area contributed by atoms with E-state index in [1.54, 1.807) is 6.07 Å². The Morgan fingerprint density at radius 3 is 2.83 bits per heavy atom. The topological polar surface area (TPSA) is 23.8 Å². The van der Waals surface area contributed by atoms with E-state index in [1.807, 2.05) is 6.07 Å². The van der Waals surface area contributed by atoms with E-state index >= 15 is 0 Å². The third kappa shape index (κ3) is 2.17. The first-order valence-corrected chi connectivity index (χ1v) is 5.02. The molecule has 1 aromatic carbocycles. The zero-order valence-electron chi connectivity index (χ0n) is 5.94. The minimum atomic E-state index is -0.319. The molecule has 0 aliphatic rings. The highest BCUT2D eigenvalue weighted by molar-refractivity contribution is 14.1. The zero-order chi connectivity index (χ0) is 9.14. The quantitative estimate of drug-likeness (QED) is 0.569. The highest BCUT2D eigenvalue weighted by Crippen LogP contribution is 2.22. The van der Waals surface area contributed by atoms with Gasteiger partial charge in [-0.25, -0.2) is 4.39 Å². The minimum absolute atomic E-state index is 0.252. The molecule has 62 valence electrons. The van der Waals surface area contributed by atoms with E-state index in [1.165, 1.54) is 6.07 Å². The lowest BCUT2D eigenvalue weighted by Gasteiger charge is -2.01. The number of hydrogen-bond donors (Lipinski definition) is 0. The summed E-state index contributed by atoms with van der Waals surface area (Å²) in [5, 5.41) is 8.42. The Kier molecular flexibility index (Phi) is 3.47. The van der Waals surface area contributed by atoms with Crippen LogP contribution in [0.1, 0.15) is 5.56 Å². The summed E-state index contributed by atoms with van der Waals surface area (Å²) in [6.07, 6.45) is 0.252. The molecule has 0 unspecified atom stereocenters. The van der Waals surface area contributed by atoms with Crippen LogP contribution in [0.15, 0.2) is 16.6 Å². The fourth-order valence-corrected chi connectivity index (χ4v) is 2.21. The summed E-state index contributed by atoms with van der Waals surface area (Å²) >= 11 is 5.15. The SMILES string of the molecule is N#CCc1cc(F)c(Br)cc1I. The molecule has 1 rings (SSSR count). The minimum Gasteiger partial charge on any atom is -0.206 e. The monoisotopic (exact) mass is 339 g/mol. The average molecular weight is 340 g/mol.